The summed E-state index contributed by atoms with van der Waals surface area (Å²) in [6.07, 6.45) is 1.46. The van der Waals surface area contributed by atoms with E-state index in [1.807, 2.05) is 0 Å². The maximum absolute atomic E-state index is 11.5. The Labute approximate surface area is 116 Å². The van der Waals surface area contributed by atoms with Crippen LogP contribution in [0.5, 0.6) is 0 Å². The molecule has 0 saturated heterocycles. The lowest BCUT2D eigenvalue weighted by Gasteiger charge is -2.12. The molecule has 2 rings (SSSR count). The van der Waals surface area contributed by atoms with Crippen LogP contribution >= 0.6 is 0 Å². The summed E-state index contributed by atoms with van der Waals surface area (Å²) in [4.78, 5) is 22.0. The van der Waals surface area contributed by atoms with Crippen molar-refractivity contribution < 1.29 is 14.8 Å². The van der Waals surface area contributed by atoms with Crippen molar-refractivity contribution in [1.82, 2.24) is 5.32 Å². The summed E-state index contributed by atoms with van der Waals surface area (Å²) < 4.78 is 0. The predicted molar refractivity (Wildman–Crippen MR) is 73.7 cm³/mol. The summed E-state index contributed by atoms with van der Waals surface area (Å²) in [7, 11) is 1.49. The third-order valence-electron chi connectivity index (χ3n) is 3.35. The maximum atomic E-state index is 11.5. The van der Waals surface area contributed by atoms with Gasteiger partial charge >= 0.3 is 0 Å². The molecule has 7 heteroatoms. The number of nitro groups is 1. The number of carbonyl (C=O) groups excluding carboxylic acids is 1. The number of hydrogen-bond donors (Lipinski definition) is 3. The van der Waals surface area contributed by atoms with Gasteiger partial charge in [0.15, 0.2) is 0 Å². The lowest BCUT2D eigenvalue weighted by Crippen LogP contribution is -2.22. The number of hydrogen-bond acceptors (Lipinski definition) is 5. The van der Waals surface area contributed by atoms with Gasteiger partial charge in [0.2, 0.25) is 0 Å². The van der Waals surface area contributed by atoms with E-state index in [1.54, 1.807) is 0 Å². The van der Waals surface area contributed by atoms with Crippen LogP contribution in [-0.4, -0.2) is 35.6 Å². The quantitative estimate of drug-likeness (QED) is 0.535. The fourth-order valence-corrected chi connectivity index (χ4v) is 1.98. The van der Waals surface area contributed by atoms with E-state index in [0.717, 1.165) is 12.8 Å². The average Bonchev–Trinajstić information content (AvgIpc) is 3.27. The Balaban J connectivity index is 2.17. The second-order valence-corrected chi connectivity index (χ2v) is 4.85. The first-order chi connectivity index (χ1) is 9.52. The fraction of sp³-hybridized carbons (Fsp3) is 0.462. The molecule has 0 aliphatic heterocycles. The monoisotopic (exact) mass is 279 g/mol. The number of carbonyl (C=O) groups is 1. The molecule has 0 heterocycles. The number of anilines is 1. The molecule has 1 fully saturated rings. The van der Waals surface area contributed by atoms with Crippen molar-refractivity contribution in [2.45, 2.75) is 18.9 Å². The molecule has 7 nitrogen and oxygen atoms in total. The zero-order valence-corrected chi connectivity index (χ0v) is 11.1. The van der Waals surface area contributed by atoms with Crippen molar-refractivity contribution in [1.29, 1.82) is 0 Å². The van der Waals surface area contributed by atoms with Crippen molar-refractivity contribution >= 4 is 17.3 Å². The van der Waals surface area contributed by atoms with Crippen molar-refractivity contribution in [2.75, 3.05) is 18.9 Å². The van der Waals surface area contributed by atoms with Crippen LogP contribution in [0, 0.1) is 16.0 Å². The molecule has 0 aromatic heterocycles. The molecule has 1 saturated carbocycles. The lowest BCUT2D eigenvalue weighted by atomic mass is 10.1. The standard InChI is InChI=1S/C13H17N3O4/c1-14-13(18)9-4-5-11(16(19)20)10(6-9)15-7-12(17)8-2-3-8/h4-6,8,12,15,17H,2-3,7H2,1H3,(H,14,18). The molecule has 0 radical (unpaired) electrons. The first-order valence-corrected chi connectivity index (χ1v) is 6.45. The maximum Gasteiger partial charge on any atom is 0.292 e. The zero-order valence-electron chi connectivity index (χ0n) is 11.1. The molecule has 0 bridgehead atoms. The second-order valence-electron chi connectivity index (χ2n) is 4.85. The Kier molecular flexibility index (Phi) is 4.19. The second kappa shape index (κ2) is 5.87. The molecule has 3 N–H and O–H groups in total. The summed E-state index contributed by atoms with van der Waals surface area (Å²) in [5, 5.41) is 26.1. The molecule has 108 valence electrons. The Morgan fingerprint density at radius 3 is 2.80 bits per heavy atom. The third-order valence-corrected chi connectivity index (χ3v) is 3.35. The fourth-order valence-electron chi connectivity index (χ4n) is 1.98. The summed E-state index contributed by atoms with van der Waals surface area (Å²) >= 11 is 0. The molecule has 20 heavy (non-hydrogen) atoms. The van der Waals surface area contributed by atoms with Crippen molar-refractivity contribution in [2.24, 2.45) is 5.92 Å². The largest absolute Gasteiger partial charge is 0.391 e. The molecule has 1 aliphatic carbocycles. The highest BCUT2D eigenvalue weighted by Crippen LogP contribution is 2.33. The number of nitrogens with one attached hydrogen (secondary N) is 2. The van der Waals surface area contributed by atoms with E-state index in [2.05, 4.69) is 10.6 Å². The van der Waals surface area contributed by atoms with Gasteiger partial charge in [-0.1, -0.05) is 0 Å². The van der Waals surface area contributed by atoms with Crippen LogP contribution in [0.3, 0.4) is 0 Å². The Morgan fingerprint density at radius 2 is 2.25 bits per heavy atom. The van der Waals surface area contributed by atoms with Crippen LogP contribution in [0.2, 0.25) is 0 Å². The summed E-state index contributed by atoms with van der Waals surface area (Å²) in [6.45, 7) is 0.239. The van der Waals surface area contributed by atoms with E-state index in [-0.39, 0.29) is 29.7 Å². The number of aliphatic hydroxyl groups excluding tert-OH is 1. The van der Waals surface area contributed by atoms with E-state index in [1.165, 1.54) is 25.2 Å². The molecular weight excluding hydrogens is 262 g/mol. The molecule has 1 aromatic carbocycles. The van der Waals surface area contributed by atoms with Crippen LogP contribution in [0.15, 0.2) is 18.2 Å². The first-order valence-electron chi connectivity index (χ1n) is 6.45. The van der Waals surface area contributed by atoms with Crippen LogP contribution in [0.1, 0.15) is 23.2 Å². The molecule has 1 amide bonds. The smallest absolute Gasteiger partial charge is 0.292 e. The topological polar surface area (TPSA) is 104 Å². The number of benzene rings is 1. The molecular formula is C13H17N3O4. The normalized spacial score (nSPS) is 15.5. The molecule has 1 aliphatic rings. The molecule has 1 unspecified atom stereocenters. The van der Waals surface area contributed by atoms with E-state index < -0.39 is 11.0 Å². The Hall–Kier alpha value is -2.15. The van der Waals surface area contributed by atoms with Gasteiger partial charge in [-0.15, -0.1) is 0 Å². The van der Waals surface area contributed by atoms with Crippen molar-refractivity contribution in [3.63, 3.8) is 0 Å². The third kappa shape index (κ3) is 3.24. The van der Waals surface area contributed by atoms with Gasteiger partial charge in [0.25, 0.3) is 11.6 Å². The van der Waals surface area contributed by atoms with Gasteiger partial charge in [0.05, 0.1) is 11.0 Å². The van der Waals surface area contributed by atoms with Gasteiger partial charge in [-0.05, 0) is 30.9 Å². The van der Waals surface area contributed by atoms with Crippen molar-refractivity contribution in [3.05, 3.63) is 33.9 Å². The molecule has 1 aromatic rings. The minimum Gasteiger partial charge on any atom is -0.391 e. The van der Waals surface area contributed by atoms with E-state index in [9.17, 15) is 20.0 Å². The zero-order chi connectivity index (χ0) is 14.7. The summed E-state index contributed by atoms with van der Waals surface area (Å²) in [5.74, 6) is -0.0330. The minimum atomic E-state index is -0.515. The SMILES string of the molecule is CNC(=O)c1ccc([N+](=O)[O-])c(NCC(O)C2CC2)c1. The van der Waals surface area contributed by atoms with Gasteiger partial charge in [-0.3, -0.25) is 14.9 Å². The molecule has 1 atom stereocenters. The van der Waals surface area contributed by atoms with Gasteiger partial charge in [-0.25, -0.2) is 0 Å². The predicted octanol–water partition coefficient (Wildman–Crippen LogP) is 1.14. The highest BCUT2D eigenvalue weighted by atomic mass is 16.6. The van der Waals surface area contributed by atoms with E-state index in [4.69, 9.17) is 0 Å². The van der Waals surface area contributed by atoms with Gasteiger partial charge in [0.1, 0.15) is 5.69 Å². The van der Waals surface area contributed by atoms with E-state index in [0.29, 0.717) is 5.56 Å². The number of nitrogens with zero attached hydrogens (tertiary/aromatic N) is 1. The Bertz CT molecular complexity index is 528. The van der Waals surface area contributed by atoms with Crippen LogP contribution in [0.4, 0.5) is 11.4 Å². The number of amides is 1. The van der Waals surface area contributed by atoms with Crippen LogP contribution in [-0.2, 0) is 0 Å². The number of nitro benzene ring substituents is 1. The van der Waals surface area contributed by atoms with Gasteiger partial charge < -0.3 is 15.7 Å². The van der Waals surface area contributed by atoms with Crippen LogP contribution < -0.4 is 10.6 Å². The van der Waals surface area contributed by atoms with Crippen LogP contribution in [0.25, 0.3) is 0 Å². The number of aliphatic hydroxyl groups is 1. The minimum absolute atomic E-state index is 0.111. The summed E-state index contributed by atoms with van der Waals surface area (Å²) in [5.41, 5.74) is 0.470. The highest BCUT2D eigenvalue weighted by Gasteiger charge is 2.29. The Morgan fingerprint density at radius 1 is 1.55 bits per heavy atom. The highest BCUT2D eigenvalue weighted by molar-refractivity contribution is 5.95. The molecule has 0 spiro atoms. The lowest BCUT2D eigenvalue weighted by molar-refractivity contribution is -0.384. The van der Waals surface area contributed by atoms with Gasteiger partial charge in [-0.2, -0.15) is 0 Å². The average molecular weight is 279 g/mol. The summed E-state index contributed by atoms with van der Waals surface area (Å²) in [6, 6.07) is 4.12. The van der Waals surface area contributed by atoms with Crippen molar-refractivity contribution in [3.8, 4) is 0 Å². The first kappa shape index (κ1) is 14.3. The van der Waals surface area contributed by atoms with E-state index >= 15 is 0 Å². The van der Waals surface area contributed by atoms with Gasteiger partial charge in [0, 0.05) is 25.2 Å². The number of rotatable bonds is 6.